The molecule has 0 saturated heterocycles. The van der Waals surface area contributed by atoms with Crippen molar-refractivity contribution < 1.29 is 9.90 Å². The van der Waals surface area contributed by atoms with Crippen LogP contribution < -0.4 is 5.32 Å². The molecule has 0 unspecified atom stereocenters. The van der Waals surface area contributed by atoms with Gasteiger partial charge in [-0.2, -0.15) is 0 Å². The fourth-order valence-electron chi connectivity index (χ4n) is 2.60. The Bertz CT molecular complexity index is 313. The van der Waals surface area contributed by atoms with Crippen LogP contribution in [0.15, 0.2) is 11.6 Å². The van der Waals surface area contributed by atoms with Crippen LogP contribution in [0.3, 0.4) is 0 Å². The van der Waals surface area contributed by atoms with Gasteiger partial charge in [-0.3, -0.25) is 4.79 Å². The monoisotopic (exact) mass is 325 g/mol. The first-order chi connectivity index (χ1) is 11.1. The first-order valence-electron chi connectivity index (χ1n) is 9.70. The quantitative estimate of drug-likeness (QED) is 0.324. The summed E-state index contributed by atoms with van der Waals surface area (Å²) >= 11 is 0. The van der Waals surface area contributed by atoms with E-state index in [9.17, 15) is 4.79 Å². The summed E-state index contributed by atoms with van der Waals surface area (Å²) in [7, 11) is 0. The number of rotatable bonds is 15. The number of unbranched alkanes of at least 4 members (excludes halogenated alkanes) is 11. The van der Waals surface area contributed by atoms with Gasteiger partial charge in [0.25, 0.3) is 0 Å². The predicted molar refractivity (Wildman–Crippen MR) is 99.5 cm³/mol. The molecule has 0 rings (SSSR count). The Morgan fingerprint density at radius 3 is 1.91 bits per heavy atom. The van der Waals surface area contributed by atoms with Crippen molar-refractivity contribution in [1.82, 2.24) is 5.32 Å². The van der Waals surface area contributed by atoms with E-state index in [0.29, 0.717) is 0 Å². The van der Waals surface area contributed by atoms with Gasteiger partial charge in [-0.05, 0) is 26.7 Å². The summed E-state index contributed by atoms with van der Waals surface area (Å²) in [6, 6.07) is -0.173. The van der Waals surface area contributed by atoms with Crippen LogP contribution >= 0.6 is 0 Å². The molecule has 0 aromatic carbocycles. The van der Waals surface area contributed by atoms with Gasteiger partial charge in [-0.25, -0.2) is 0 Å². The molecule has 0 aliphatic carbocycles. The molecule has 0 aromatic rings. The van der Waals surface area contributed by atoms with Crippen molar-refractivity contribution in [1.29, 1.82) is 0 Å². The second-order valence-corrected chi connectivity index (χ2v) is 6.77. The van der Waals surface area contributed by atoms with Gasteiger partial charge in [0.1, 0.15) is 0 Å². The molecule has 0 heterocycles. The lowest BCUT2D eigenvalue weighted by atomic mass is 10.0. The number of hydrogen-bond donors (Lipinski definition) is 2. The number of allylic oxidation sites excluding steroid dienone is 1. The molecule has 2 N–H and O–H groups in total. The number of aliphatic hydroxyl groups is 1. The van der Waals surface area contributed by atoms with Crippen LogP contribution in [0.2, 0.25) is 0 Å². The fraction of sp³-hybridized carbons (Fsp3) is 0.850. The Labute approximate surface area is 143 Å². The summed E-state index contributed by atoms with van der Waals surface area (Å²) < 4.78 is 0. The predicted octanol–water partition coefficient (Wildman–Crippen LogP) is 5.13. The second kappa shape index (κ2) is 16.0. The van der Waals surface area contributed by atoms with Gasteiger partial charge in [0, 0.05) is 11.6 Å². The fourth-order valence-corrected chi connectivity index (χ4v) is 2.60. The molecular formula is C20H39NO2. The average molecular weight is 326 g/mol. The Morgan fingerprint density at radius 1 is 0.957 bits per heavy atom. The highest BCUT2D eigenvalue weighted by Crippen LogP contribution is 2.12. The molecule has 136 valence electrons. The molecule has 0 saturated carbocycles. The van der Waals surface area contributed by atoms with Crippen molar-refractivity contribution >= 4 is 5.91 Å². The van der Waals surface area contributed by atoms with E-state index in [4.69, 9.17) is 5.11 Å². The summed E-state index contributed by atoms with van der Waals surface area (Å²) in [4.78, 5) is 11.8. The number of nitrogens with one attached hydrogen (secondary N) is 1. The van der Waals surface area contributed by atoms with E-state index >= 15 is 0 Å². The van der Waals surface area contributed by atoms with E-state index in [1.54, 1.807) is 6.92 Å². The van der Waals surface area contributed by atoms with Crippen molar-refractivity contribution in [2.75, 3.05) is 6.61 Å². The van der Waals surface area contributed by atoms with E-state index in [2.05, 4.69) is 12.2 Å². The lowest BCUT2D eigenvalue weighted by molar-refractivity contribution is -0.118. The zero-order chi connectivity index (χ0) is 17.3. The molecule has 3 heteroatoms. The van der Waals surface area contributed by atoms with Gasteiger partial charge in [0.05, 0.1) is 6.61 Å². The van der Waals surface area contributed by atoms with Gasteiger partial charge in [-0.15, -0.1) is 0 Å². The van der Waals surface area contributed by atoms with Crippen molar-refractivity contribution in [2.24, 2.45) is 0 Å². The summed E-state index contributed by atoms with van der Waals surface area (Å²) in [6.07, 6.45) is 17.8. The third kappa shape index (κ3) is 14.5. The average Bonchev–Trinajstić information content (AvgIpc) is 2.55. The summed E-state index contributed by atoms with van der Waals surface area (Å²) in [5.74, 6) is -0.0605. The number of aliphatic hydroxyl groups excluding tert-OH is 1. The van der Waals surface area contributed by atoms with Crippen LogP contribution in [0.25, 0.3) is 0 Å². The van der Waals surface area contributed by atoms with Gasteiger partial charge in [0.2, 0.25) is 5.91 Å². The molecule has 0 aliphatic rings. The molecule has 0 aliphatic heterocycles. The molecule has 23 heavy (non-hydrogen) atoms. The molecule has 0 bridgehead atoms. The Hall–Kier alpha value is -0.830. The minimum Gasteiger partial charge on any atom is -0.394 e. The van der Waals surface area contributed by atoms with Crippen molar-refractivity contribution in [2.45, 2.75) is 104 Å². The number of carbonyl (C=O) groups excluding carboxylic acids is 1. The Balaban J connectivity index is 3.44. The van der Waals surface area contributed by atoms with Crippen LogP contribution in [-0.4, -0.2) is 23.7 Å². The first-order valence-corrected chi connectivity index (χ1v) is 9.70. The van der Waals surface area contributed by atoms with Gasteiger partial charge in [-0.1, -0.05) is 77.2 Å². The third-order valence-electron chi connectivity index (χ3n) is 4.27. The lowest BCUT2D eigenvalue weighted by Crippen LogP contribution is -2.35. The molecular weight excluding hydrogens is 286 g/mol. The van der Waals surface area contributed by atoms with E-state index in [-0.39, 0.29) is 18.6 Å². The SMILES string of the molecule is CCCCCCCCCCCCC/C=C(\C)C(=O)N[C@@H](C)CO. The zero-order valence-electron chi connectivity index (χ0n) is 15.7. The molecule has 1 atom stereocenters. The van der Waals surface area contributed by atoms with Crippen LogP contribution in [0.4, 0.5) is 0 Å². The number of amides is 1. The van der Waals surface area contributed by atoms with Gasteiger partial charge in [0.15, 0.2) is 0 Å². The Kier molecular flexibility index (Phi) is 15.5. The summed E-state index contributed by atoms with van der Waals surface area (Å²) in [5, 5.41) is 11.7. The maximum absolute atomic E-state index is 11.8. The minimum atomic E-state index is -0.173. The largest absolute Gasteiger partial charge is 0.394 e. The zero-order valence-corrected chi connectivity index (χ0v) is 15.7. The molecule has 0 fully saturated rings. The Morgan fingerprint density at radius 2 is 1.43 bits per heavy atom. The maximum atomic E-state index is 11.8. The normalized spacial score (nSPS) is 13.1. The highest BCUT2D eigenvalue weighted by Gasteiger charge is 2.07. The van der Waals surface area contributed by atoms with Gasteiger partial charge >= 0.3 is 0 Å². The second-order valence-electron chi connectivity index (χ2n) is 6.77. The van der Waals surface area contributed by atoms with Crippen molar-refractivity contribution in [3.05, 3.63) is 11.6 Å². The van der Waals surface area contributed by atoms with Crippen LogP contribution in [0.5, 0.6) is 0 Å². The standard InChI is InChI=1S/C20H39NO2/c1-4-5-6-7-8-9-10-11-12-13-14-15-16-18(2)20(23)21-19(3)17-22/h16,19,22H,4-15,17H2,1-3H3,(H,21,23)/b18-16+/t19-/m0/s1. The molecule has 0 spiro atoms. The summed E-state index contributed by atoms with van der Waals surface area (Å²) in [6.45, 7) is 5.89. The van der Waals surface area contributed by atoms with Crippen LogP contribution in [0, 0.1) is 0 Å². The summed E-state index contributed by atoms with van der Waals surface area (Å²) in [5.41, 5.74) is 0.761. The van der Waals surface area contributed by atoms with E-state index in [0.717, 1.165) is 18.4 Å². The molecule has 0 aromatic heterocycles. The van der Waals surface area contributed by atoms with Crippen molar-refractivity contribution in [3.63, 3.8) is 0 Å². The maximum Gasteiger partial charge on any atom is 0.246 e. The molecule has 0 radical (unpaired) electrons. The van der Waals surface area contributed by atoms with Gasteiger partial charge < -0.3 is 10.4 Å². The lowest BCUT2D eigenvalue weighted by Gasteiger charge is -2.10. The highest BCUT2D eigenvalue weighted by molar-refractivity contribution is 5.92. The topological polar surface area (TPSA) is 49.3 Å². The van der Waals surface area contributed by atoms with Crippen LogP contribution in [-0.2, 0) is 4.79 Å². The van der Waals surface area contributed by atoms with Crippen molar-refractivity contribution in [3.8, 4) is 0 Å². The molecule has 1 amide bonds. The first kappa shape index (κ1) is 22.2. The van der Waals surface area contributed by atoms with E-state index in [1.165, 1.54) is 64.2 Å². The highest BCUT2D eigenvalue weighted by atomic mass is 16.3. The molecule has 3 nitrogen and oxygen atoms in total. The third-order valence-corrected chi connectivity index (χ3v) is 4.27. The smallest absolute Gasteiger partial charge is 0.246 e. The van der Waals surface area contributed by atoms with Crippen LogP contribution in [0.1, 0.15) is 97.8 Å². The van der Waals surface area contributed by atoms with E-state index in [1.807, 2.05) is 13.0 Å². The number of carbonyl (C=O) groups is 1. The van der Waals surface area contributed by atoms with E-state index < -0.39 is 0 Å². The minimum absolute atomic E-state index is 0.0162. The number of hydrogen-bond acceptors (Lipinski definition) is 2.